The predicted octanol–water partition coefficient (Wildman–Crippen LogP) is 2.93. The lowest BCUT2D eigenvalue weighted by molar-refractivity contribution is 0.242. The summed E-state index contributed by atoms with van der Waals surface area (Å²) in [6.45, 7) is 7.54. The zero-order chi connectivity index (χ0) is 18.8. The lowest BCUT2D eigenvalue weighted by atomic mass is 10.1. The number of aryl methyl sites for hydroxylation is 2. The molecule has 7 heteroatoms. The highest BCUT2D eigenvalue weighted by atomic mass is 16.2. The number of benzene rings is 2. The van der Waals surface area contributed by atoms with E-state index in [1.54, 1.807) is 0 Å². The van der Waals surface area contributed by atoms with Gasteiger partial charge in [0.2, 0.25) is 0 Å². The van der Waals surface area contributed by atoms with Crippen molar-refractivity contribution in [3.63, 3.8) is 0 Å². The Bertz CT molecular complexity index is 968. The van der Waals surface area contributed by atoms with Crippen LogP contribution in [0.1, 0.15) is 25.0 Å². The van der Waals surface area contributed by atoms with Gasteiger partial charge < -0.3 is 0 Å². The number of rotatable bonds is 3. The number of carbonyl (C=O) groups is 1. The first-order valence-electron chi connectivity index (χ1n) is 8.42. The summed E-state index contributed by atoms with van der Waals surface area (Å²) in [6, 6.07) is 14.2. The standard InChI is InChI=1S/C19H21N5O2/c1-13(2)22(16-11-6-5-7-12-16)18(25)24-19(26)23(20-21-24)17-14(3)9-8-10-15(17)4/h5-13H,1-4H3. The van der Waals surface area contributed by atoms with Crippen LogP contribution in [0.25, 0.3) is 5.69 Å². The molecule has 0 atom stereocenters. The van der Waals surface area contributed by atoms with E-state index in [2.05, 4.69) is 10.4 Å². The average molecular weight is 351 g/mol. The third kappa shape index (κ3) is 3.03. The van der Waals surface area contributed by atoms with E-state index in [4.69, 9.17) is 0 Å². The molecular weight excluding hydrogens is 330 g/mol. The molecule has 0 aliphatic heterocycles. The maximum atomic E-state index is 13.0. The van der Waals surface area contributed by atoms with E-state index in [0.717, 1.165) is 15.8 Å². The van der Waals surface area contributed by atoms with E-state index < -0.39 is 11.7 Å². The Kier molecular flexibility index (Phi) is 4.71. The number of tetrazole rings is 1. The Morgan fingerprint density at radius 2 is 1.58 bits per heavy atom. The molecule has 26 heavy (non-hydrogen) atoms. The summed E-state index contributed by atoms with van der Waals surface area (Å²) in [6.07, 6.45) is 0. The first-order valence-corrected chi connectivity index (χ1v) is 8.42. The number of aromatic nitrogens is 4. The molecule has 0 aliphatic carbocycles. The average Bonchev–Trinajstić information content (AvgIpc) is 2.97. The highest BCUT2D eigenvalue weighted by molar-refractivity contribution is 5.93. The highest BCUT2D eigenvalue weighted by Gasteiger charge is 2.25. The lowest BCUT2D eigenvalue weighted by Crippen LogP contribution is -2.44. The van der Waals surface area contributed by atoms with Crippen LogP contribution in [0.5, 0.6) is 0 Å². The quantitative estimate of drug-likeness (QED) is 0.680. The van der Waals surface area contributed by atoms with E-state index in [9.17, 15) is 9.59 Å². The smallest absolute Gasteiger partial charge is 0.290 e. The Morgan fingerprint density at radius 3 is 2.15 bits per heavy atom. The molecule has 1 amide bonds. The first kappa shape index (κ1) is 17.6. The molecule has 0 fully saturated rings. The molecule has 0 N–H and O–H groups in total. The number of anilines is 1. The van der Waals surface area contributed by atoms with Crippen molar-refractivity contribution >= 4 is 11.7 Å². The number of para-hydroxylation sites is 2. The number of amides is 1. The second-order valence-corrected chi connectivity index (χ2v) is 6.41. The van der Waals surface area contributed by atoms with Gasteiger partial charge in [-0.2, -0.15) is 4.68 Å². The van der Waals surface area contributed by atoms with Gasteiger partial charge in [0.1, 0.15) is 0 Å². The van der Waals surface area contributed by atoms with Gasteiger partial charge in [0, 0.05) is 11.7 Å². The predicted molar refractivity (Wildman–Crippen MR) is 99.9 cm³/mol. The highest BCUT2D eigenvalue weighted by Crippen LogP contribution is 2.18. The monoisotopic (exact) mass is 351 g/mol. The Balaban J connectivity index is 2.07. The maximum Gasteiger partial charge on any atom is 0.377 e. The second-order valence-electron chi connectivity index (χ2n) is 6.41. The minimum Gasteiger partial charge on any atom is -0.290 e. The van der Waals surface area contributed by atoms with Crippen LogP contribution in [0, 0.1) is 13.8 Å². The summed E-state index contributed by atoms with van der Waals surface area (Å²) in [5, 5.41) is 7.76. The molecule has 3 aromatic rings. The molecule has 0 spiro atoms. The Labute approximate surface area is 151 Å². The molecule has 3 rings (SSSR count). The molecule has 1 aromatic heterocycles. The van der Waals surface area contributed by atoms with Crippen molar-refractivity contribution in [1.29, 1.82) is 0 Å². The van der Waals surface area contributed by atoms with Crippen LogP contribution in [0.3, 0.4) is 0 Å². The molecule has 0 saturated heterocycles. The number of hydrogen-bond donors (Lipinski definition) is 0. The largest absolute Gasteiger partial charge is 0.377 e. The Hall–Kier alpha value is -3.22. The summed E-state index contributed by atoms with van der Waals surface area (Å²) in [5.41, 5.74) is 2.52. The van der Waals surface area contributed by atoms with Crippen LogP contribution in [0.15, 0.2) is 53.3 Å². The fourth-order valence-electron chi connectivity index (χ4n) is 2.97. The molecule has 1 heterocycles. The van der Waals surface area contributed by atoms with Gasteiger partial charge in [0.05, 0.1) is 5.69 Å². The molecule has 0 unspecified atom stereocenters. The van der Waals surface area contributed by atoms with Gasteiger partial charge in [-0.1, -0.05) is 36.4 Å². The maximum absolute atomic E-state index is 13.0. The van der Waals surface area contributed by atoms with Crippen molar-refractivity contribution in [2.45, 2.75) is 33.7 Å². The van der Waals surface area contributed by atoms with Crippen molar-refractivity contribution in [3.8, 4) is 5.69 Å². The van der Waals surface area contributed by atoms with Gasteiger partial charge in [-0.05, 0) is 61.4 Å². The van der Waals surface area contributed by atoms with Crippen molar-refractivity contribution in [1.82, 2.24) is 19.8 Å². The van der Waals surface area contributed by atoms with Gasteiger partial charge >= 0.3 is 11.7 Å². The molecule has 0 saturated carbocycles. The second kappa shape index (κ2) is 6.95. The van der Waals surface area contributed by atoms with Gasteiger partial charge in [0.15, 0.2) is 0 Å². The van der Waals surface area contributed by atoms with Crippen molar-refractivity contribution < 1.29 is 4.79 Å². The van der Waals surface area contributed by atoms with Crippen molar-refractivity contribution in [2.24, 2.45) is 0 Å². The minimum absolute atomic E-state index is 0.151. The van der Waals surface area contributed by atoms with E-state index in [1.807, 2.05) is 76.2 Å². The minimum atomic E-state index is -0.589. The Morgan fingerprint density at radius 1 is 0.962 bits per heavy atom. The van der Waals surface area contributed by atoms with E-state index >= 15 is 0 Å². The number of hydrogen-bond acceptors (Lipinski definition) is 4. The van der Waals surface area contributed by atoms with Crippen LogP contribution >= 0.6 is 0 Å². The fraction of sp³-hybridized carbons (Fsp3) is 0.263. The van der Waals surface area contributed by atoms with Gasteiger partial charge in [-0.3, -0.25) is 4.90 Å². The molecule has 7 nitrogen and oxygen atoms in total. The van der Waals surface area contributed by atoms with E-state index in [-0.39, 0.29) is 6.04 Å². The van der Waals surface area contributed by atoms with Gasteiger partial charge in [-0.15, -0.1) is 4.68 Å². The fourth-order valence-corrected chi connectivity index (χ4v) is 2.97. The SMILES string of the molecule is Cc1cccc(C)c1-n1nnn(C(=O)N(c2ccccc2)C(C)C)c1=O. The van der Waals surface area contributed by atoms with Gasteiger partial charge in [0.25, 0.3) is 0 Å². The van der Waals surface area contributed by atoms with Gasteiger partial charge in [-0.25, -0.2) is 9.59 Å². The number of carbonyl (C=O) groups excluding carboxylic acids is 1. The van der Waals surface area contributed by atoms with Crippen LogP contribution in [-0.4, -0.2) is 31.9 Å². The summed E-state index contributed by atoms with van der Waals surface area (Å²) >= 11 is 0. The van der Waals surface area contributed by atoms with Crippen LogP contribution in [-0.2, 0) is 0 Å². The van der Waals surface area contributed by atoms with Crippen LogP contribution in [0.4, 0.5) is 10.5 Å². The van der Waals surface area contributed by atoms with Crippen LogP contribution < -0.4 is 10.6 Å². The summed E-state index contributed by atoms with van der Waals surface area (Å²) in [5.74, 6) is 0. The zero-order valence-electron chi connectivity index (χ0n) is 15.2. The molecule has 0 radical (unpaired) electrons. The molecular formula is C19H21N5O2. The topological polar surface area (TPSA) is 73.0 Å². The lowest BCUT2D eigenvalue weighted by Gasteiger charge is -2.25. The normalized spacial score (nSPS) is 11.0. The van der Waals surface area contributed by atoms with E-state index in [1.165, 1.54) is 9.58 Å². The van der Waals surface area contributed by atoms with Crippen molar-refractivity contribution in [3.05, 3.63) is 70.1 Å². The summed E-state index contributed by atoms with van der Waals surface area (Å²) < 4.78 is 1.98. The number of nitrogens with zero attached hydrogens (tertiary/aromatic N) is 5. The molecule has 0 aliphatic rings. The third-order valence-corrected chi connectivity index (χ3v) is 4.17. The van der Waals surface area contributed by atoms with E-state index in [0.29, 0.717) is 11.4 Å². The molecule has 0 bridgehead atoms. The summed E-state index contributed by atoms with van der Waals surface area (Å²) in [7, 11) is 0. The zero-order valence-corrected chi connectivity index (χ0v) is 15.2. The van der Waals surface area contributed by atoms with Crippen LogP contribution in [0.2, 0.25) is 0 Å². The molecule has 2 aromatic carbocycles. The van der Waals surface area contributed by atoms with Crippen molar-refractivity contribution in [2.75, 3.05) is 4.90 Å². The first-order chi connectivity index (χ1) is 12.4. The molecule has 134 valence electrons. The summed E-state index contributed by atoms with van der Waals surface area (Å²) in [4.78, 5) is 27.3. The third-order valence-electron chi connectivity index (χ3n) is 4.17.